The van der Waals surface area contributed by atoms with Gasteiger partial charge in [-0.25, -0.2) is 10.3 Å². The van der Waals surface area contributed by atoms with Gasteiger partial charge in [-0.3, -0.25) is 0 Å². The molecule has 56 valence electrons. The van der Waals surface area contributed by atoms with E-state index in [2.05, 4.69) is 9.85 Å². The van der Waals surface area contributed by atoms with Crippen LogP contribution >= 0.6 is 0 Å². The van der Waals surface area contributed by atoms with Gasteiger partial charge in [0.05, 0.1) is 18.4 Å². The Morgan fingerprint density at radius 1 is 1.80 bits per heavy atom. The SMILES string of the molecule is CCOC(=O)/C(C)=C/N=N. The molecule has 4 nitrogen and oxygen atoms in total. The molecule has 0 rings (SSSR count). The second-order valence-corrected chi connectivity index (χ2v) is 1.66. The highest BCUT2D eigenvalue weighted by molar-refractivity contribution is 5.87. The Balaban J connectivity index is 3.93. The number of hydrogen-bond donors (Lipinski definition) is 1. The van der Waals surface area contributed by atoms with Crippen LogP contribution in [-0.2, 0) is 9.53 Å². The fourth-order valence-electron chi connectivity index (χ4n) is 0.394. The van der Waals surface area contributed by atoms with E-state index in [1.54, 1.807) is 13.8 Å². The highest BCUT2D eigenvalue weighted by Crippen LogP contribution is 1.95. The molecule has 0 aliphatic carbocycles. The molecule has 0 saturated heterocycles. The van der Waals surface area contributed by atoms with Crippen molar-refractivity contribution >= 4 is 5.97 Å². The summed E-state index contributed by atoms with van der Waals surface area (Å²) < 4.78 is 4.61. The summed E-state index contributed by atoms with van der Waals surface area (Å²) in [6, 6.07) is 0. The minimum absolute atomic E-state index is 0.344. The summed E-state index contributed by atoms with van der Waals surface area (Å²) in [5.74, 6) is -0.418. The molecule has 0 aliphatic rings. The molecule has 1 N–H and O–H groups in total. The minimum Gasteiger partial charge on any atom is -0.463 e. The van der Waals surface area contributed by atoms with Crippen LogP contribution in [0.15, 0.2) is 16.9 Å². The second-order valence-electron chi connectivity index (χ2n) is 1.66. The van der Waals surface area contributed by atoms with Crippen LogP contribution in [0, 0.1) is 5.53 Å². The summed E-state index contributed by atoms with van der Waals surface area (Å²) in [7, 11) is 0. The number of nitrogens with one attached hydrogen (secondary N) is 1. The molecule has 10 heavy (non-hydrogen) atoms. The number of esters is 1. The summed E-state index contributed by atoms with van der Waals surface area (Å²) in [5, 5.41) is 2.93. The summed E-state index contributed by atoms with van der Waals surface area (Å²) in [6.45, 7) is 3.63. The number of carbonyl (C=O) groups excluding carboxylic acids is 1. The predicted octanol–water partition coefficient (Wildman–Crippen LogP) is 1.48. The summed E-state index contributed by atoms with van der Waals surface area (Å²) in [4.78, 5) is 10.7. The minimum atomic E-state index is -0.418. The summed E-state index contributed by atoms with van der Waals surface area (Å²) in [5.41, 5.74) is 6.74. The third-order valence-corrected chi connectivity index (χ3v) is 0.856. The van der Waals surface area contributed by atoms with Crippen LogP contribution in [-0.4, -0.2) is 12.6 Å². The van der Waals surface area contributed by atoms with E-state index in [-0.39, 0.29) is 0 Å². The molecular weight excluding hydrogens is 132 g/mol. The molecule has 0 unspecified atom stereocenters. The molecule has 0 heterocycles. The van der Waals surface area contributed by atoms with E-state index in [1.807, 2.05) is 0 Å². The Labute approximate surface area is 59.4 Å². The predicted molar refractivity (Wildman–Crippen MR) is 35.5 cm³/mol. The van der Waals surface area contributed by atoms with Gasteiger partial charge in [-0.2, -0.15) is 5.11 Å². The van der Waals surface area contributed by atoms with Crippen LogP contribution in [0.1, 0.15) is 13.8 Å². The highest BCUT2D eigenvalue weighted by atomic mass is 16.5. The third-order valence-electron chi connectivity index (χ3n) is 0.856. The van der Waals surface area contributed by atoms with Crippen LogP contribution in [0.2, 0.25) is 0 Å². The molecule has 0 aliphatic heterocycles. The smallest absolute Gasteiger partial charge is 0.335 e. The fourth-order valence-corrected chi connectivity index (χ4v) is 0.394. The molecule has 0 saturated carbocycles. The van der Waals surface area contributed by atoms with Crippen molar-refractivity contribution in [2.75, 3.05) is 6.61 Å². The van der Waals surface area contributed by atoms with Crippen LogP contribution in [0.25, 0.3) is 0 Å². The number of ether oxygens (including phenoxy) is 1. The first-order valence-corrected chi connectivity index (χ1v) is 2.92. The van der Waals surface area contributed by atoms with Crippen molar-refractivity contribution in [3.05, 3.63) is 11.8 Å². The Morgan fingerprint density at radius 3 is 2.80 bits per heavy atom. The van der Waals surface area contributed by atoms with Crippen molar-refractivity contribution in [2.45, 2.75) is 13.8 Å². The van der Waals surface area contributed by atoms with Crippen molar-refractivity contribution < 1.29 is 9.53 Å². The fraction of sp³-hybridized carbons (Fsp3) is 0.500. The molecule has 0 atom stereocenters. The van der Waals surface area contributed by atoms with E-state index < -0.39 is 5.97 Å². The van der Waals surface area contributed by atoms with Crippen molar-refractivity contribution in [1.29, 1.82) is 5.53 Å². The van der Waals surface area contributed by atoms with E-state index in [1.165, 1.54) is 0 Å². The van der Waals surface area contributed by atoms with Crippen molar-refractivity contribution in [3.63, 3.8) is 0 Å². The molecule has 0 radical (unpaired) electrons. The first-order valence-electron chi connectivity index (χ1n) is 2.92. The zero-order chi connectivity index (χ0) is 7.98. The molecule has 0 bridgehead atoms. The van der Waals surface area contributed by atoms with Crippen LogP contribution in [0.4, 0.5) is 0 Å². The number of carbonyl (C=O) groups is 1. The standard InChI is InChI=1S/C6H10N2O2/c1-3-10-6(9)5(2)4-8-7/h4,7H,3H2,1-2H3/b5-4+,8-7?. The van der Waals surface area contributed by atoms with Gasteiger partial charge in [-0.1, -0.05) is 0 Å². The molecule has 0 fully saturated rings. The lowest BCUT2D eigenvalue weighted by molar-refractivity contribution is -0.138. The Kier molecular flexibility index (Phi) is 4.11. The van der Waals surface area contributed by atoms with Gasteiger partial charge < -0.3 is 4.74 Å². The summed E-state index contributed by atoms with van der Waals surface area (Å²) in [6.07, 6.45) is 1.15. The second kappa shape index (κ2) is 4.67. The number of hydrogen-bond acceptors (Lipinski definition) is 4. The van der Waals surface area contributed by atoms with Crippen molar-refractivity contribution in [2.24, 2.45) is 5.11 Å². The van der Waals surface area contributed by atoms with Gasteiger partial charge in [0, 0.05) is 0 Å². The third kappa shape index (κ3) is 2.96. The van der Waals surface area contributed by atoms with Crippen LogP contribution in [0.5, 0.6) is 0 Å². The molecule has 4 heteroatoms. The normalized spacial score (nSPS) is 10.8. The monoisotopic (exact) mass is 142 g/mol. The van der Waals surface area contributed by atoms with Gasteiger partial charge in [0.15, 0.2) is 0 Å². The average Bonchev–Trinajstić information content (AvgIpc) is 1.89. The van der Waals surface area contributed by atoms with E-state index >= 15 is 0 Å². The maximum absolute atomic E-state index is 10.7. The maximum Gasteiger partial charge on any atom is 0.335 e. The Hall–Kier alpha value is -1.19. The highest BCUT2D eigenvalue weighted by Gasteiger charge is 2.02. The van der Waals surface area contributed by atoms with Gasteiger partial charge >= 0.3 is 5.97 Å². The van der Waals surface area contributed by atoms with E-state index in [0.29, 0.717) is 12.2 Å². The van der Waals surface area contributed by atoms with Gasteiger partial charge in [-0.15, -0.1) is 0 Å². The summed E-state index contributed by atoms with van der Waals surface area (Å²) >= 11 is 0. The lowest BCUT2D eigenvalue weighted by atomic mass is 10.3. The van der Waals surface area contributed by atoms with Crippen LogP contribution in [0.3, 0.4) is 0 Å². The van der Waals surface area contributed by atoms with Crippen molar-refractivity contribution in [1.82, 2.24) is 0 Å². The van der Waals surface area contributed by atoms with Gasteiger partial charge in [0.1, 0.15) is 0 Å². The molecule has 0 aromatic carbocycles. The topological polar surface area (TPSA) is 62.5 Å². The molecule has 0 spiro atoms. The quantitative estimate of drug-likeness (QED) is 0.368. The maximum atomic E-state index is 10.7. The lowest BCUT2D eigenvalue weighted by Crippen LogP contribution is -2.04. The first-order chi connectivity index (χ1) is 4.72. The van der Waals surface area contributed by atoms with E-state index in [4.69, 9.17) is 5.53 Å². The number of rotatable bonds is 3. The Bertz CT molecular complexity index is 163. The lowest BCUT2D eigenvalue weighted by Gasteiger charge is -1.97. The van der Waals surface area contributed by atoms with Crippen LogP contribution < -0.4 is 0 Å². The molecule has 0 aromatic rings. The van der Waals surface area contributed by atoms with Gasteiger partial charge in [0.2, 0.25) is 0 Å². The van der Waals surface area contributed by atoms with Gasteiger partial charge in [-0.05, 0) is 13.8 Å². The molecular formula is C6H10N2O2. The molecule has 0 aromatic heterocycles. The van der Waals surface area contributed by atoms with E-state index in [9.17, 15) is 4.79 Å². The first kappa shape index (κ1) is 8.81. The number of nitrogens with zero attached hydrogens (tertiary/aromatic N) is 1. The van der Waals surface area contributed by atoms with E-state index in [0.717, 1.165) is 6.20 Å². The van der Waals surface area contributed by atoms with Crippen molar-refractivity contribution in [3.8, 4) is 0 Å². The zero-order valence-electron chi connectivity index (χ0n) is 6.05. The van der Waals surface area contributed by atoms with Gasteiger partial charge in [0.25, 0.3) is 0 Å². The largest absolute Gasteiger partial charge is 0.463 e. The zero-order valence-corrected chi connectivity index (χ0v) is 6.05. The Morgan fingerprint density at radius 2 is 2.40 bits per heavy atom. The average molecular weight is 142 g/mol. The molecule has 0 amide bonds.